The van der Waals surface area contributed by atoms with Gasteiger partial charge in [-0.3, -0.25) is 9.59 Å². The molecule has 0 saturated heterocycles. The molecule has 0 saturated carbocycles. The highest BCUT2D eigenvalue weighted by molar-refractivity contribution is 5.76. The molecule has 5 nitrogen and oxygen atoms in total. The number of carboxylic acids is 1. The molecule has 0 rings (SSSR count). The van der Waals surface area contributed by atoms with Crippen LogP contribution in [0.4, 0.5) is 0 Å². The molecule has 1 atom stereocenters. The van der Waals surface area contributed by atoms with Crippen LogP contribution in [0.1, 0.15) is 12.8 Å². The van der Waals surface area contributed by atoms with Crippen LogP contribution in [0, 0.1) is 0 Å². The van der Waals surface area contributed by atoms with Crippen molar-refractivity contribution in [1.29, 1.82) is 0 Å². The van der Waals surface area contributed by atoms with Crippen LogP contribution in [-0.4, -0.2) is 23.0 Å². The summed E-state index contributed by atoms with van der Waals surface area (Å²) in [5, 5.41) is 8.22. The third-order valence-electron chi connectivity index (χ3n) is 1.02. The van der Waals surface area contributed by atoms with Gasteiger partial charge in [-0.15, -0.1) is 0 Å². The maximum Gasteiger partial charge on any atom is 0.320 e. The second-order valence-electron chi connectivity index (χ2n) is 1.95. The Morgan fingerprint density at radius 1 is 1.50 bits per heavy atom. The van der Waals surface area contributed by atoms with Crippen molar-refractivity contribution in [3.63, 3.8) is 0 Å². The Morgan fingerprint density at radius 2 is 2.00 bits per heavy atom. The normalized spacial score (nSPS) is 12.5. The third kappa shape index (κ3) is 3.85. The average Bonchev–Trinajstić information content (AvgIpc) is 1.82. The number of primary amides is 1. The van der Waals surface area contributed by atoms with Gasteiger partial charge in [0.15, 0.2) is 0 Å². The van der Waals surface area contributed by atoms with Crippen molar-refractivity contribution in [1.82, 2.24) is 0 Å². The molecule has 0 unspecified atom stereocenters. The fourth-order valence-corrected chi connectivity index (χ4v) is 0.421. The lowest BCUT2D eigenvalue weighted by Gasteiger charge is -2.01. The van der Waals surface area contributed by atoms with Gasteiger partial charge in [0.1, 0.15) is 6.04 Å². The molecule has 0 aliphatic carbocycles. The van der Waals surface area contributed by atoms with Crippen LogP contribution in [0.25, 0.3) is 0 Å². The second-order valence-corrected chi connectivity index (χ2v) is 1.95. The van der Waals surface area contributed by atoms with E-state index in [0.717, 1.165) is 0 Å². The summed E-state index contributed by atoms with van der Waals surface area (Å²) < 4.78 is 0. The quantitative estimate of drug-likeness (QED) is 0.429. The lowest BCUT2D eigenvalue weighted by molar-refractivity contribution is -0.138. The minimum absolute atomic E-state index is 0.0213. The van der Waals surface area contributed by atoms with Crippen molar-refractivity contribution in [3.05, 3.63) is 0 Å². The van der Waals surface area contributed by atoms with Crippen molar-refractivity contribution in [3.8, 4) is 0 Å². The van der Waals surface area contributed by atoms with Crippen molar-refractivity contribution >= 4 is 11.9 Å². The Labute approximate surface area is 58.0 Å². The molecular formula is C5H10N2O3. The number of amides is 1. The van der Waals surface area contributed by atoms with Crippen LogP contribution in [0.3, 0.4) is 0 Å². The molecule has 0 aromatic heterocycles. The Kier molecular flexibility index (Phi) is 3.42. The summed E-state index contributed by atoms with van der Waals surface area (Å²) in [6, 6.07) is -0.979. The van der Waals surface area contributed by atoms with Crippen LogP contribution >= 0.6 is 0 Å². The van der Waals surface area contributed by atoms with Gasteiger partial charge in [-0.2, -0.15) is 0 Å². The van der Waals surface area contributed by atoms with Crippen LogP contribution in [0.2, 0.25) is 0 Å². The van der Waals surface area contributed by atoms with Crippen molar-refractivity contribution in [2.75, 3.05) is 0 Å². The molecule has 1 amide bonds. The van der Waals surface area contributed by atoms with Gasteiger partial charge >= 0.3 is 5.97 Å². The van der Waals surface area contributed by atoms with Crippen LogP contribution in [0.5, 0.6) is 0 Å². The lowest BCUT2D eigenvalue weighted by Crippen LogP contribution is -2.31. The van der Waals surface area contributed by atoms with Gasteiger partial charge in [-0.25, -0.2) is 0 Å². The first-order valence-corrected chi connectivity index (χ1v) is 2.80. The van der Waals surface area contributed by atoms with Gasteiger partial charge in [0.25, 0.3) is 0 Å². The van der Waals surface area contributed by atoms with E-state index >= 15 is 0 Å². The summed E-state index contributed by atoms with van der Waals surface area (Å²) in [6.07, 6.45) is 0.123. The molecule has 5 N–H and O–H groups in total. The number of aliphatic carboxylic acids is 1. The van der Waals surface area contributed by atoms with Crippen molar-refractivity contribution in [2.45, 2.75) is 18.9 Å². The smallest absolute Gasteiger partial charge is 0.320 e. The minimum atomic E-state index is -1.11. The monoisotopic (exact) mass is 148 g/mol. The van der Waals surface area contributed by atoms with Crippen LogP contribution < -0.4 is 11.5 Å². The highest BCUT2D eigenvalue weighted by Crippen LogP contribution is 1.92. The zero-order valence-corrected chi connectivity index (χ0v) is 5.41. The SMILES string of the molecule is [15NH2]C(=O)CC[C@H]([15NH2])C(=O)O. The van der Waals surface area contributed by atoms with E-state index in [4.69, 9.17) is 16.6 Å². The highest BCUT2D eigenvalue weighted by Gasteiger charge is 2.11. The molecule has 0 spiro atoms. The number of hydrogen-bond acceptors (Lipinski definition) is 3. The summed E-state index contributed by atoms with van der Waals surface area (Å²) in [4.78, 5) is 20.1. The molecule has 0 bridgehead atoms. The Bertz CT molecular complexity index is 146. The number of hydrogen-bond donors (Lipinski definition) is 3. The number of carbonyl (C=O) groups excluding carboxylic acids is 1. The molecule has 0 heterocycles. The van der Waals surface area contributed by atoms with Gasteiger partial charge in [0, 0.05) is 6.42 Å². The van der Waals surface area contributed by atoms with E-state index in [-0.39, 0.29) is 12.8 Å². The standard InChI is InChI=1S/C5H10N2O3/c6-3(5(9)10)1-2-4(7)8/h3H,1-2,6H2,(H2,7,8)(H,9,10)/t3-/m0/s1/i6+1,7+1. The number of carbonyl (C=O) groups is 2. The van der Waals surface area contributed by atoms with Crippen molar-refractivity contribution < 1.29 is 14.7 Å². The molecule has 5 heteroatoms. The summed E-state index contributed by atoms with van der Waals surface area (Å²) in [5.41, 5.74) is 9.81. The first-order chi connectivity index (χ1) is 4.54. The van der Waals surface area contributed by atoms with E-state index in [9.17, 15) is 9.59 Å². The molecular weight excluding hydrogens is 138 g/mol. The van der Waals surface area contributed by atoms with Gasteiger partial charge in [-0.1, -0.05) is 0 Å². The van der Waals surface area contributed by atoms with Gasteiger partial charge < -0.3 is 16.6 Å². The number of rotatable bonds is 4. The summed E-state index contributed by atoms with van der Waals surface area (Å²) in [5.74, 6) is -1.64. The zero-order chi connectivity index (χ0) is 8.15. The van der Waals surface area contributed by atoms with E-state index in [1.165, 1.54) is 0 Å². The summed E-state index contributed by atoms with van der Waals surface area (Å²) in [6.45, 7) is 0. The maximum absolute atomic E-state index is 10.1. The van der Waals surface area contributed by atoms with E-state index in [1.54, 1.807) is 0 Å². The molecule has 0 aliphatic rings. The predicted molar refractivity (Wildman–Crippen MR) is 34.0 cm³/mol. The molecule has 10 heavy (non-hydrogen) atoms. The number of carboxylic acid groups (broad SMARTS) is 1. The van der Waals surface area contributed by atoms with E-state index in [0.29, 0.717) is 0 Å². The highest BCUT2D eigenvalue weighted by atomic mass is 16.4. The van der Waals surface area contributed by atoms with Gasteiger partial charge in [0.2, 0.25) is 5.91 Å². The predicted octanol–water partition coefficient (Wildman–Crippen LogP) is -1.34. The summed E-state index contributed by atoms with van der Waals surface area (Å²) in [7, 11) is 0. The van der Waals surface area contributed by atoms with E-state index < -0.39 is 17.9 Å². The Hall–Kier alpha value is -1.10. The molecule has 0 aromatic carbocycles. The Balaban J connectivity index is 3.49. The molecule has 0 aromatic rings. The fraction of sp³-hybridized carbons (Fsp3) is 0.600. The van der Waals surface area contributed by atoms with Gasteiger partial charge in [0.05, 0.1) is 0 Å². The largest absolute Gasteiger partial charge is 0.480 e. The minimum Gasteiger partial charge on any atom is -0.480 e. The van der Waals surface area contributed by atoms with E-state index in [1.807, 2.05) is 0 Å². The van der Waals surface area contributed by atoms with Crippen LogP contribution in [0.15, 0.2) is 0 Å². The molecule has 58 valence electrons. The fourth-order valence-electron chi connectivity index (χ4n) is 0.421. The molecule has 0 fully saturated rings. The van der Waals surface area contributed by atoms with Gasteiger partial charge in [-0.05, 0) is 6.42 Å². The topological polar surface area (TPSA) is 106 Å². The average molecular weight is 148 g/mol. The maximum atomic E-state index is 10.1. The molecule has 0 aliphatic heterocycles. The molecule has 0 radical (unpaired) electrons. The van der Waals surface area contributed by atoms with Crippen LogP contribution in [-0.2, 0) is 9.59 Å². The third-order valence-corrected chi connectivity index (χ3v) is 1.02. The number of nitrogens with two attached hydrogens (primary N) is 2. The lowest BCUT2D eigenvalue weighted by atomic mass is 10.2. The Morgan fingerprint density at radius 3 is 2.30 bits per heavy atom. The first kappa shape index (κ1) is 8.90. The zero-order valence-electron chi connectivity index (χ0n) is 5.41. The van der Waals surface area contributed by atoms with E-state index in [2.05, 4.69) is 0 Å². The summed E-state index contributed by atoms with van der Waals surface area (Å²) >= 11 is 0. The second kappa shape index (κ2) is 3.84. The van der Waals surface area contributed by atoms with Crippen molar-refractivity contribution in [2.24, 2.45) is 11.5 Å². The first-order valence-electron chi connectivity index (χ1n) is 2.80.